The van der Waals surface area contributed by atoms with E-state index in [1.54, 1.807) is 22.8 Å². The highest BCUT2D eigenvalue weighted by Gasteiger charge is 2.36. The molecule has 15 heteroatoms. The van der Waals surface area contributed by atoms with Crippen molar-refractivity contribution in [2.24, 2.45) is 11.8 Å². The summed E-state index contributed by atoms with van der Waals surface area (Å²) < 4.78 is 25.0. The summed E-state index contributed by atoms with van der Waals surface area (Å²) in [6, 6.07) is 9.70. The van der Waals surface area contributed by atoms with E-state index in [-0.39, 0.29) is 42.9 Å². The van der Waals surface area contributed by atoms with Gasteiger partial charge < -0.3 is 38.8 Å². The van der Waals surface area contributed by atoms with E-state index in [4.69, 9.17) is 18.9 Å². The van der Waals surface area contributed by atoms with Crippen LogP contribution in [0, 0.1) is 11.8 Å². The van der Waals surface area contributed by atoms with Crippen molar-refractivity contribution in [3.63, 3.8) is 0 Å². The number of benzene rings is 1. The van der Waals surface area contributed by atoms with E-state index < -0.39 is 30.0 Å². The predicted molar refractivity (Wildman–Crippen MR) is 200 cm³/mol. The fourth-order valence-electron chi connectivity index (χ4n) is 6.60. The number of amides is 2. The van der Waals surface area contributed by atoms with Crippen molar-refractivity contribution >= 4 is 18.2 Å². The lowest BCUT2D eigenvalue weighted by molar-refractivity contribution is -0.149. The Hall–Kier alpha value is -4.76. The van der Waals surface area contributed by atoms with Gasteiger partial charge in [-0.05, 0) is 74.4 Å². The van der Waals surface area contributed by atoms with Gasteiger partial charge in [0, 0.05) is 57.4 Å². The molecular formula is C39H55N7O8. The van der Waals surface area contributed by atoms with Crippen LogP contribution in [0.1, 0.15) is 59.8 Å². The quantitative estimate of drug-likeness (QED) is 0.165. The minimum atomic E-state index is -1.31. The van der Waals surface area contributed by atoms with Gasteiger partial charge >= 0.3 is 24.2 Å². The van der Waals surface area contributed by atoms with Gasteiger partial charge in [0.05, 0.1) is 18.8 Å². The summed E-state index contributed by atoms with van der Waals surface area (Å²) >= 11 is 0. The first-order chi connectivity index (χ1) is 25.9. The number of para-hydroxylation sites is 1. The molecule has 294 valence electrons. The lowest BCUT2D eigenvalue weighted by Gasteiger charge is -2.36. The van der Waals surface area contributed by atoms with Crippen LogP contribution in [0.25, 0.3) is 5.69 Å². The number of esters is 1. The maximum Gasteiger partial charge on any atom is 0.410 e. The lowest BCUT2D eigenvalue weighted by Crippen LogP contribution is -2.50. The highest BCUT2D eigenvalue weighted by Crippen LogP contribution is 2.27. The number of nitrogens with zero attached hydrogens (tertiary/aromatic N) is 7. The minimum absolute atomic E-state index is 0.0858. The van der Waals surface area contributed by atoms with Crippen molar-refractivity contribution in [3.05, 3.63) is 66.3 Å². The summed E-state index contributed by atoms with van der Waals surface area (Å²) in [6.07, 6.45) is 9.01. The summed E-state index contributed by atoms with van der Waals surface area (Å²) in [6.45, 7) is 11.1. The first kappa shape index (κ1) is 40.4. The Bertz CT molecular complexity index is 1640. The molecule has 1 aromatic carbocycles. The van der Waals surface area contributed by atoms with E-state index in [2.05, 4.69) is 20.4 Å². The summed E-state index contributed by atoms with van der Waals surface area (Å²) in [4.78, 5) is 44.3. The van der Waals surface area contributed by atoms with Crippen LogP contribution in [-0.4, -0.2) is 135 Å². The molecule has 54 heavy (non-hydrogen) atoms. The molecule has 0 bridgehead atoms. The molecule has 0 radical (unpaired) electrons. The molecule has 0 spiro atoms. The molecule has 3 aliphatic heterocycles. The highest BCUT2D eigenvalue weighted by molar-refractivity contribution is 5.70. The highest BCUT2D eigenvalue weighted by atomic mass is 16.6. The van der Waals surface area contributed by atoms with Crippen LogP contribution in [-0.2, 0) is 19.0 Å². The number of hydrogen-bond donors (Lipinski definition) is 1. The molecule has 2 amide bonds. The molecular weight excluding hydrogens is 694 g/mol. The zero-order valence-electron chi connectivity index (χ0n) is 32.1. The third kappa shape index (κ3) is 11.4. The number of aromatic nitrogens is 4. The van der Waals surface area contributed by atoms with Crippen molar-refractivity contribution < 1.29 is 38.4 Å². The SMILES string of the molecule is C/C(=C\C=C\[C@@H](C)COC(=O)N1CC[C@@H](Oc2nnnn2-c2ccccc2)C1)[C@H]1OC(=O)CCCC[C@@](C)(O)[C@@H](OC(=O)N2CCN(C)CC2)/C=C\[C@@H]1C. The van der Waals surface area contributed by atoms with Crippen LogP contribution in [0.15, 0.2) is 66.3 Å². The number of ether oxygens (including phenoxy) is 4. The average Bonchev–Trinajstić information content (AvgIpc) is 3.83. The van der Waals surface area contributed by atoms with Gasteiger partial charge in [-0.1, -0.05) is 61.4 Å². The zero-order chi connectivity index (χ0) is 38.7. The Balaban J connectivity index is 1.13. The van der Waals surface area contributed by atoms with Gasteiger partial charge in [0.25, 0.3) is 0 Å². The van der Waals surface area contributed by atoms with Crippen LogP contribution in [0.2, 0.25) is 0 Å². The maximum atomic E-state index is 13.1. The zero-order valence-corrected chi connectivity index (χ0v) is 32.1. The standard InChI is InChI=1S/C39H55N7O8/c1-28(27-51-37(48)45-21-19-32(26-45)52-36-40-41-42-46(36)31-14-7-6-8-15-31)12-11-13-29(2)35-30(3)17-18-33(39(4,50)20-10-9-16-34(47)54-35)53-38(49)44-24-22-43(5)23-25-44/h6-8,11-15,17-18,28,30,32-33,35,50H,9-10,16,19-27H2,1-5H3/b12-11+,18-17-,29-13+/t28-,30+,32-,33+,35-,39-/m1/s1. The number of piperazine rings is 1. The van der Waals surface area contributed by atoms with Crippen molar-refractivity contribution in [3.8, 4) is 11.7 Å². The van der Waals surface area contributed by atoms with E-state index in [1.807, 2.05) is 82.5 Å². The topological polar surface area (TPSA) is 162 Å². The second-order valence-electron chi connectivity index (χ2n) is 14.8. The third-order valence-electron chi connectivity index (χ3n) is 10.1. The number of aliphatic hydroxyl groups is 1. The number of carbonyl (C=O) groups excluding carboxylic acids is 3. The lowest BCUT2D eigenvalue weighted by atomic mass is 9.89. The largest absolute Gasteiger partial charge is 0.457 e. The molecule has 2 saturated heterocycles. The minimum Gasteiger partial charge on any atom is -0.457 e. The number of rotatable bonds is 9. The molecule has 2 fully saturated rings. The van der Waals surface area contributed by atoms with Crippen molar-refractivity contribution in [2.75, 3.05) is 52.9 Å². The fourth-order valence-corrected chi connectivity index (χ4v) is 6.60. The molecule has 6 atom stereocenters. The van der Waals surface area contributed by atoms with E-state index in [9.17, 15) is 19.5 Å². The number of likely N-dealkylation sites (N-methyl/N-ethyl adjacent to an activating group) is 1. The number of tetrazole rings is 1. The smallest absolute Gasteiger partial charge is 0.410 e. The Morgan fingerprint density at radius 3 is 2.59 bits per heavy atom. The van der Waals surface area contributed by atoms with Crippen LogP contribution in [0.3, 0.4) is 0 Å². The molecule has 3 aliphatic rings. The van der Waals surface area contributed by atoms with E-state index >= 15 is 0 Å². The molecule has 0 unspecified atom stereocenters. The second kappa shape index (κ2) is 19.0. The van der Waals surface area contributed by atoms with Gasteiger partial charge in [-0.2, -0.15) is 4.68 Å². The van der Waals surface area contributed by atoms with Crippen LogP contribution in [0.4, 0.5) is 9.59 Å². The number of carbonyl (C=O) groups is 3. The third-order valence-corrected chi connectivity index (χ3v) is 10.1. The van der Waals surface area contributed by atoms with E-state index in [0.717, 1.165) is 24.4 Å². The molecule has 1 aromatic heterocycles. The molecule has 5 rings (SSSR count). The maximum absolute atomic E-state index is 13.1. The number of likely N-dealkylation sites (tertiary alicyclic amines) is 1. The van der Waals surface area contributed by atoms with Gasteiger partial charge in [-0.15, -0.1) is 0 Å². The van der Waals surface area contributed by atoms with Crippen LogP contribution < -0.4 is 4.74 Å². The number of allylic oxidation sites excluding steroid dienone is 2. The van der Waals surface area contributed by atoms with E-state index in [1.165, 1.54) is 4.68 Å². The first-order valence-corrected chi connectivity index (χ1v) is 18.9. The Morgan fingerprint density at radius 1 is 1.07 bits per heavy atom. The molecule has 15 nitrogen and oxygen atoms in total. The summed E-state index contributed by atoms with van der Waals surface area (Å²) in [7, 11) is 2.02. The second-order valence-corrected chi connectivity index (χ2v) is 14.8. The van der Waals surface area contributed by atoms with Crippen molar-refractivity contribution in [1.82, 2.24) is 34.9 Å². The van der Waals surface area contributed by atoms with Crippen LogP contribution in [0.5, 0.6) is 6.01 Å². The molecule has 1 N–H and O–H groups in total. The van der Waals surface area contributed by atoms with Gasteiger partial charge in [0.2, 0.25) is 0 Å². The molecule has 0 aliphatic carbocycles. The predicted octanol–water partition coefficient (Wildman–Crippen LogP) is 4.57. The van der Waals surface area contributed by atoms with Gasteiger partial charge in [0.1, 0.15) is 17.8 Å². The summed E-state index contributed by atoms with van der Waals surface area (Å²) in [5, 5.41) is 23.2. The monoisotopic (exact) mass is 749 g/mol. The summed E-state index contributed by atoms with van der Waals surface area (Å²) in [5.41, 5.74) is 0.283. The van der Waals surface area contributed by atoms with Crippen LogP contribution >= 0.6 is 0 Å². The molecule has 4 heterocycles. The fraction of sp³-hybridized carbons (Fsp3) is 0.590. The van der Waals surface area contributed by atoms with E-state index in [0.29, 0.717) is 51.9 Å². The number of hydrogen-bond acceptors (Lipinski definition) is 12. The Morgan fingerprint density at radius 2 is 1.83 bits per heavy atom. The Kier molecular flexibility index (Phi) is 14.2. The first-order valence-electron chi connectivity index (χ1n) is 18.9. The summed E-state index contributed by atoms with van der Waals surface area (Å²) in [5.74, 6) is -0.673. The average molecular weight is 750 g/mol. The van der Waals surface area contributed by atoms with Gasteiger partial charge in [-0.25, -0.2) is 9.59 Å². The normalized spacial score (nSPS) is 27.4. The van der Waals surface area contributed by atoms with Crippen molar-refractivity contribution in [2.45, 2.75) is 83.7 Å². The Labute approximate surface area is 317 Å². The van der Waals surface area contributed by atoms with Crippen molar-refractivity contribution in [1.29, 1.82) is 0 Å². The number of cyclic esters (lactones) is 1. The van der Waals surface area contributed by atoms with Gasteiger partial charge in [-0.3, -0.25) is 4.79 Å². The molecule has 2 aromatic rings. The molecule has 0 saturated carbocycles. The van der Waals surface area contributed by atoms with Gasteiger partial charge in [0.15, 0.2) is 6.10 Å².